The molecule has 6 heteroatoms. The van der Waals surface area contributed by atoms with Crippen molar-refractivity contribution in [2.75, 3.05) is 33.4 Å². The molecule has 19 heavy (non-hydrogen) atoms. The highest BCUT2D eigenvalue weighted by Crippen LogP contribution is 2.18. The Bertz CT molecular complexity index is 363. The van der Waals surface area contributed by atoms with E-state index in [0.29, 0.717) is 18.8 Å². The normalized spacial score (nSPS) is 12.7. The molecule has 1 aromatic carbocycles. The van der Waals surface area contributed by atoms with Gasteiger partial charge in [-0.05, 0) is 17.7 Å². The van der Waals surface area contributed by atoms with Crippen LogP contribution in [0.4, 0.5) is 8.78 Å². The maximum Gasteiger partial charge on any atom is 0.261 e. The number of ether oxygens (including phenoxy) is 2. The number of aliphatic hydroxyl groups excluding tert-OH is 1. The molecule has 0 saturated carbocycles. The number of alkyl halides is 2. The van der Waals surface area contributed by atoms with E-state index in [1.54, 1.807) is 31.4 Å². The summed E-state index contributed by atoms with van der Waals surface area (Å²) in [6, 6.07) is 7.13. The summed E-state index contributed by atoms with van der Waals surface area (Å²) in [6.45, 7) is 0.369. The van der Waals surface area contributed by atoms with E-state index in [9.17, 15) is 13.9 Å². The fourth-order valence-corrected chi connectivity index (χ4v) is 1.52. The van der Waals surface area contributed by atoms with Crippen LogP contribution in [-0.2, 0) is 4.74 Å². The van der Waals surface area contributed by atoms with Gasteiger partial charge >= 0.3 is 0 Å². The summed E-state index contributed by atoms with van der Waals surface area (Å²) < 4.78 is 33.3. The molecule has 1 aromatic rings. The van der Waals surface area contributed by atoms with E-state index >= 15 is 0 Å². The number of halogens is 2. The topological polar surface area (TPSA) is 50.7 Å². The second-order valence-electron chi connectivity index (χ2n) is 3.96. The summed E-state index contributed by atoms with van der Waals surface area (Å²) in [6.07, 6.45) is -3.12. The second-order valence-corrected chi connectivity index (χ2v) is 3.96. The van der Waals surface area contributed by atoms with Crippen molar-refractivity contribution in [1.82, 2.24) is 5.32 Å². The Morgan fingerprint density at radius 1 is 1.37 bits per heavy atom. The highest BCUT2D eigenvalue weighted by molar-refractivity contribution is 5.29. The van der Waals surface area contributed by atoms with Crippen LogP contribution in [0.25, 0.3) is 0 Å². The maximum absolute atomic E-state index is 11.8. The van der Waals surface area contributed by atoms with Gasteiger partial charge in [-0.1, -0.05) is 12.1 Å². The fourth-order valence-electron chi connectivity index (χ4n) is 1.52. The molecule has 0 bridgehead atoms. The largest absolute Gasteiger partial charge is 0.497 e. The summed E-state index contributed by atoms with van der Waals surface area (Å²) in [5.74, 6) is 0.678. The summed E-state index contributed by atoms with van der Waals surface area (Å²) in [5, 5.41) is 12.8. The number of methoxy groups -OCH3 is 1. The van der Waals surface area contributed by atoms with Crippen LogP contribution >= 0.6 is 0 Å². The molecule has 0 radical (unpaired) electrons. The molecule has 1 atom stereocenters. The van der Waals surface area contributed by atoms with Crippen LogP contribution < -0.4 is 10.1 Å². The molecule has 2 N–H and O–H groups in total. The Morgan fingerprint density at radius 3 is 2.84 bits per heavy atom. The first-order valence-corrected chi connectivity index (χ1v) is 6.02. The van der Waals surface area contributed by atoms with Gasteiger partial charge in [0.25, 0.3) is 6.43 Å². The predicted molar refractivity (Wildman–Crippen MR) is 67.6 cm³/mol. The van der Waals surface area contributed by atoms with Crippen molar-refractivity contribution in [3.8, 4) is 5.75 Å². The van der Waals surface area contributed by atoms with Gasteiger partial charge in [0, 0.05) is 13.1 Å². The Balaban J connectivity index is 2.21. The molecule has 108 valence electrons. The minimum atomic E-state index is -2.44. The SMILES string of the molecule is COc1cccc(C(O)CNCCOCC(F)F)c1. The van der Waals surface area contributed by atoms with Gasteiger partial charge in [0.15, 0.2) is 0 Å². The molecule has 0 aliphatic carbocycles. The average Bonchev–Trinajstić information content (AvgIpc) is 2.42. The second kappa shape index (κ2) is 8.79. The molecular weight excluding hydrogens is 256 g/mol. The van der Waals surface area contributed by atoms with E-state index in [2.05, 4.69) is 5.32 Å². The highest BCUT2D eigenvalue weighted by Gasteiger charge is 2.08. The number of aliphatic hydroxyl groups is 1. The van der Waals surface area contributed by atoms with Gasteiger partial charge in [0.1, 0.15) is 12.4 Å². The molecule has 0 aliphatic heterocycles. The number of hydrogen-bond donors (Lipinski definition) is 2. The molecule has 4 nitrogen and oxygen atoms in total. The molecule has 0 saturated heterocycles. The number of hydrogen-bond acceptors (Lipinski definition) is 4. The van der Waals surface area contributed by atoms with E-state index < -0.39 is 19.1 Å². The number of benzene rings is 1. The Morgan fingerprint density at radius 2 is 2.16 bits per heavy atom. The Hall–Kier alpha value is -1.24. The monoisotopic (exact) mass is 275 g/mol. The minimum absolute atomic E-state index is 0.190. The van der Waals surface area contributed by atoms with Crippen LogP contribution in [-0.4, -0.2) is 44.9 Å². The molecule has 0 aliphatic rings. The van der Waals surface area contributed by atoms with Crippen molar-refractivity contribution < 1.29 is 23.4 Å². The predicted octanol–water partition coefficient (Wildman–Crippen LogP) is 1.60. The highest BCUT2D eigenvalue weighted by atomic mass is 19.3. The van der Waals surface area contributed by atoms with Crippen molar-refractivity contribution in [3.05, 3.63) is 29.8 Å². The molecule has 1 rings (SSSR count). The van der Waals surface area contributed by atoms with Crippen LogP contribution in [0, 0.1) is 0 Å². The Kier molecular flexibility index (Phi) is 7.32. The lowest BCUT2D eigenvalue weighted by Crippen LogP contribution is -2.26. The first-order valence-electron chi connectivity index (χ1n) is 6.02. The minimum Gasteiger partial charge on any atom is -0.497 e. The molecule has 1 unspecified atom stereocenters. The third-order valence-corrected chi connectivity index (χ3v) is 2.48. The molecular formula is C13H19F2NO3. The summed E-state index contributed by atoms with van der Waals surface area (Å²) in [7, 11) is 1.56. The van der Waals surface area contributed by atoms with Crippen molar-refractivity contribution >= 4 is 0 Å². The lowest BCUT2D eigenvalue weighted by atomic mass is 10.1. The van der Waals surface area contributed by atoms with Crippen LogP contribution in [0.2, 0.25) is 0 Å². The van der Waals surface area contributed by atoms with Crippen LogP contribution in [0.1, 0.15) is 11.7 Å². The van der Waals surface area contributed by atoms with Gasteiger partial charge < -0.3 is 19.9 Å². The van der Waals surface area contributed by atoms with Gasteiger partial charge in [-0.2, -0.15) is 0 Å². The van der Waals surface area contributed by atoms with Crippen molar-refractivity contribution in [3.63, 3.8) is 0 Å². The quantitative estimate of drug-likeness (QED) is 0.672. The first-order chi connectivity index (χ1) is 9.13. The summed E-state index contributed by atoms with van der Waals surface area (Å²) in [5.41, 5.74) is 0.736. The third-order valence-electron chi connectivity index (χ3n) is 2.48. The van der Waals surface area contributed by atoms with Crippen molar-refractivity contribution in [2.24, 2.45) is 0 Å². The van der Waals surface area contributed by atoms with E-state index in [1.807, 2.05) is 0 Å². The zero-order valence-electron chi connectivity index (χ0n) is 10.8. The van der Waals surface area contributed by atoms with E-state index in [4.69, 9.17) is 9.47 Å². The lowest BCUT2D eigenvalue weighted by Gasteiger charge is -2.13. The average molecular weight is 275 g/mol. The maximum atomic E-state index is 11.8. The van der Waals surface area contributed by atoms with Gasteiger partial charge in [0.05, 0.1) is 19.8 Å². The zero-order valence-corrected chi connectivity index (χ0v) is 10.8. The van der Waals surface area contributed by atoms with Crippen molar-refractivity contribution in [2.45, 2.75) is 12.5 Å². The van der Waals surface area contributed by atoms with E-state index in [-0.39, 0.29) is 6.61 Å². The molecule has 0 fully saturated rings. The smallest absolute Gasteiger partial charge is 0.261 e. The summed E-state index contributed by atoms with van der Waals surface area (Å²) >= 11 is 0. The van der Waals surface area contributed by atoms with Crippen LogP contribution in [0.3, 0.4) is 0 Å². The number of nitrogens with one attached hydrogen (secondary N) is 1. The third kappa shape index (κ3) is 6.47. The lowest BCUT2D eigenvalue weighted by molar-refractivity contribution is 0.0181. The molecule has 0 heterocycles. The molecule has 0 spiro atoms. The van der Waals surface area contributed by atoms with Gasteiger partial charge in [-0.15, -0.1) is 0 Å². The molecule has 0 aromatic heterocycles. The molecule has 0 amide bonds. The van der Waals surface area contributed by atoms with E-state index in [0.717, 1.165) is 5.56 Å². The van der Waals surface area contributed by atoms with Gasteiger partial charge in [0.2, 0.25) is 0 Å². The zero-order chi connectivity index (χ0) is 14.1. The van der Waals surface area contributed by atoms with Crippen LogP contribution in [0.5, 0.6) is 5.75 Å². The van der Waals surface area contributed by atoms with Gasteiger partial charge in [-0.3, -0.25) is 0 Å². The van der Waals surface area contributed by atoms with E-state index in [1.165, 1.54) is 0 Å². The Labute approximate surface area is 111 Å². The first kappa shape index (κ1) is 15.8. The van der Waals surface area contributed by atoms with Crippen LogP contribution in [0.15, 0.2) is 24.3 Å². The standard InChI is InChI=1S/C13H19F2NO3/c1-18-11-4-2-3-10(7-11)12(17)8-16-5-6-19-9-13(14)15/h2-4,7,12-13,16-17H,5-6,8-9H2,1H3. The fraction of sp³-hybridized carbons (Fsp3) is 0.538. The van der Waals surface area contributed by atoms with Gasteiger partial charge in [-0.25, -0.2) is 8.78 Å². The number of rotatable bonds is 9. The van der Waals surface area contributed by atoms with Crippen molar-refractivity contribution in [1.29, 1.82) is 0 Å². The summed E-state index contributed by atoms with van der Waals surface area (Å²) in [4.78, 5) is 0.